The van der Waals surface area contributed by atoms with Crippen molar-refractivity contribution in [2.45, 2.75) is 70.7 Å². The number of rotatable bonds is 11. The van der Waals surface area contributed by atoms with Crippen LogP contribution in [0.15, 0.2) is 53.9 Å². The zero-order valence-electron chi connectivity index (χ0n) is 23.1. The van der Waals surface area contributed by atoms with Gasteiger partial charge in [0.15, 0.2) is 0 Å². The van der Waals surface area contributed by atoms with Crippen LogP contribution in [0.3, 0.4) is 0 Å². The van der Waals surface area contributed by atoms with E-state index >= 15 is 0 Å². The minimum absolute atomic E-state index is 0.0323. The van der Waals surface area contributed by atoms with Crippen LogP contribution in [-0.2, 0) is 30.4 Å². The van der Waals surface area contributed by atoms with Crippen molar-refractivity contribution >= 4 is 23.5 Å². The molecule has 2 aliphatic heterocycles. The number of allylic oxidation sites excluding steroid dienone is 1. The second kappa shape index (κ2) is 12.9. The molecule has 1 aromatic heterocycles. The number of carbonyl (C=O) groups excluding carboxylic acids is 2. The third kappa shape index (κ3) is 7.59. The Kier molecular flexibility index (Phi) is 9.64. The highest BCUT2D eigenvalue weighted by atomic mass is 35.5. The van der Waals surface area contributed by atoms with Gasteiger partial charge in [0.05, 0.1) is 18.2 Å². The van der Waals surface area contributed by atoms with Crippen molar-refractivity contribution in [1.82, 2.24) is 9.88 Å². The van der Waals surface area contributed by atoms with Gasteiger partial charge in [-0.3, -0.25) is 4.79 Å². The Bertz CT molecular complexity index is 1170. The molecule has 0 radical (unpaired) electrons. The van der Waals surface area contributed by atoms with E-state index in [1.807, 2.05) is 38.1 Å². The Hall–Kier alpha value is -2.94. The first kappa shape index (κ1) is 29.1. The van der Waals surface area contributed by atoms with E-state index < -0.39 is 11.9 Å². The molecular formula is C30H37ClN2O6. The summed E-state index contributed by atoms with van der Waals surface area (Å²) in [5, 5.41) is 0.347. The molecule has 1 aromatic carbocycles. The van der Waals surface area contributed by atoms with Gasteiger partial charge in [-0.1, -0.05) is 29.8 Å². The van der Waals surface area contributed by atoms with Crippen LogP contribution in [-0.4, -0.2) is 60.3 Å². The smallest absolute Gasteiger partial charge is 0.336 e. The van der Waals surface area contributed by atoms with Crippen molar-refractivity contribution in [3.05, 3.63) is 70.1 Å². The summed E-state index contributed by atoms with van der Waals surface area (Å²) in [5.41, 5.74) is 2.25. The first-order chi connectivity index (χ1) is 18.7. The van der Waals surface area contributed by atoms with Crippen molar-refractivity contribution in [2.75, 3.05) is 26.9 Å². The number of esters is 1. The van der Waals surface area contributed by atoms with Crippen molar-refractivity contribution in [2.24, 2.45) is 0 Å². The normalized spacial score (nSPS) is 19.9. The van der Waals surface area contributed by atoms with Crippen LogP contribution in [0.1, 0.15) is 63.5 Å². The van der Waals surface area contributed by atoms with Crippen LogP contribution in [0, 0.1) is 0 Å². The van der Waals surface area contributed by atoms with Crippen LogP contribution in [0.4, 0.5) is 0 Å². The molecule has 210 valence electrons. The summed E-state index contributed by atoms with van der Waals surface area (Å²) in [4.78, 5) is 32.6. The zero-order valence-corrected chi connectivity index (χ0v) is 23.8. The lowest BCUT2D eigenvalue weighted by Gasteiger charge is -2.35. The van der Waals surface area contributed by atoms with E-state index in [4.69, 9.17) is 30.5 Å². The fourth-order valence-corrected chi connectivity index (χ4v) is 5.08. The molecule has 39 heavy (non-hydrogen) atoms. The number of pyridine rings is 1. The van der Waals surface area contributed by atoms with E-state index in [0.717, 1.165) is 36.1 Å². The van der Waals surface area contributed by atoms with Gasteiger partial charge in [-0.25, -0.2) is 9.78 Å². The van der Waals surface area contributed by atoms with Crippen LogP contribution >= 0.6 is 11.6 Å². The number of halogens is 1. The number of benzene rings is 1. The molecular weight excluding hydrogens is 520 g/mol. The monoisotopic (exact) mass is 556 g/mol. The second-order valence-corrected chi connectivity index (χ2v) is 11.0. The van der Waals surface area contributed by atoms with E-state index in [9.17, 15) is 9.59 Å². The Labute approximate surface area is 235 Å². The topological polar surface area (TPSA) is 87.2 Å². The van der Waals surface area contributed by atoms with Gasteiger partial charge in [-0.15, -0.1) is 0 Å². The third-order valence-corrected chi connectivity index (χ3v) is 7.42. The first-order valence-electron chi connectivity index (χ1n) is 13.3. The van der Waals surface area contributed by atoms with Gasteiger partial charge in [0.1, 0.15) is 23.1 Å². The van der Waals surface area contributed by atoms with Crippen LogP contribution in [0.5, 0.6) is 5.75 Å². The molecule has 9 heteroatoms. The Balaban J connectivity index is 1.50. The van der Waals surface area contributed by atoms with Crippen LogP contribution in [0.2, 0.25) is 5.15 Å². The summed E-state index contributed by atoms with van der Waals surface area (Å²) in [5.74, 6) is -0.252. The number of nitrogens with zero attached hydrogens (tertiary/aromatic N) is 2. The summed E-state index contributed by atoms with van der Waals surface area (Å²) in [7, 11) is 1.67. The standard InChI is InChI=1S/C30H37ClN2O6/c1-20-28(29(35)38-19-21-7-10-23(11-8-21)39-30(2,3)13-15-36-4)25(22-9-12-26(31)32-17-22)16-27(34)33(20)18-24-6-5-14-37-24/h7-12,17,24-25H,5-6,13-16,18-19H2,1-4H3/t24-,25+/m0/s1. The largest absolute Gasteiger partial charge is 0.488 e. The fourth-order valence-electron chi connectivity index (χ4n) is 4.97. The van der Waals surface area contributed by atoms with E-state index in [1.54, 1.807) is 37.3 Å². The number of hydrogen-bond acceptors (Lipinski definition) is 7. The highest BCUT2D eigenvalue weighted by molar-refractivity contribution is 6.29. The quantitative estimate of drug-likeness (QED) is 0.269. The number of carbonyl (C=O) groups is 2. The van der Waals surface area contributed by atoms with Crippen LogP contribution < -0.4 is 4.74 Å². The van der Waals surface area contributed by atoms with Gasteiger partial charge < -0.3 is 23.8 Å². The summed E-state index contributed by atoms with van der Waals surface area (Å²) < 4.78 is 22.8. The van der Waals surface area contributed by atoms with E-state index in [2.05, 4.69) is 4.98 Å². The average Bonchev–Trinajstić information content (AvgIpc) is 3.43. The van der Waals surface area contributed by atoms with Crippen molar-refractivity contribution < 1.29 is 28.5 Å². The van der Waals surface area contributed by atoms with E-state index in [1.165, 1.54) is 0 Å². The SMILES string of the molecule is COCCC(C)(C)Oc1ccc(COC(=O)C2=C(C)N(C[C@@H]3CCCO3)C(=O)C[C@@H]2c2ccc(Cl)nc2)cc1. The maximum Gasteiger partial charge on any atom is 0.336 e. The maximum atomic E-state index is 13.5. The second-order valence-electron chi connectivity index (χ2n) is 10.6. The Morgan fingerprint density at radius 2 is 1.97 bits per heavy atom. The lowest BCUT2D eigenvalue weighted by molar-refractivity contribution is -0.141. The minimum atomic E-state index is -0.472. The number of aromatic nitrogens is 1. The first-order valence-corrected chi connectivity index (χ1v) is 13.7. The van der Waals surface area contributed by atoms with Crippen molar-refractivity contribution in [1.29, 1.82) is 0 Å². The van der Waals surface area contributed by atoms with E-state index in [0.29, 0.717) is 36.2 Å². The molecule has 0 bridgehead atoms. The molecule has 8 nitrogen and oxygen atoms in total. The molecule has 1 saturated heterocycles. The molecule has 0 aliphatic carbocycles. The van der Waals surface area contributed by atoms with Gasteiger partial charge >= 0.3 is 5.97 Å². The molecule has 0 unspecified atom stereocenters. The lowest BCUT2D eigenvalue weighted by atomic mass is 9.84. The average molecular weight is 557 g/mol. The molecule has 1 fully saturated rings. The molecule has 1 amide bonds. The Morgan fingerprint density at radius 3 is 2.62 bits per heavy atom. The fraction of sp³-hybridized carbons (Fsp3) is 0.500. The predicted molar refractivity (Wildman–Crippen MR) is 147 cm³/mol. The van der Waals surface area contributed by atoms with Crippen molar-refractivity contribution in [3.8, 4) is 5.75 Å². The molecule has 2 aromatic rings. The van der Waals surface area contributed by atoms with Gasteiger partial charge in [0.2, 0.25) is 5.91 Å². The minimum Gasteiger partial charge on any atom is -0.488 e. The molecule has 0 N–H and O–H groups in total. The molecule has 2 atom stereocenters. The summed E-state index contributed by atoms with van der Waals surface area (Å²) >= 11 is 5.99. The molecule has 0 spiro atoms. The van der Waals surface area contributed by atoms with Gasteiger partial charge in [0.25, 0.3) is 0 Å². The van der Waals surface area contributed by atoms with Gasteiger partial charge in [0, 0.05) is 51.0 Å². The molecule has 4 rings (SSSR count). The number of amides is 1. The molecule has 3 heterocycles. The zero-order chi connectivity index (χ0) is 28.0. The van der Waals surface area contributed by atoms with Gasteiger partial charge in [-0.05, 0) is 62.9 Å². The van der Waals surface area contributed by atoms with Crippen LogP contribution in [0.25, 0.3) is 0 Å². The number of methoxy groups -OCH3 is 1. The van der Waals surface area contributed by atoms with E-state index in [-0.39, 0.29) is 30.6 Å². The predicted octanol–water partition coefficient (Wildman–Crippen LogP) is 5.44. The van der Waals surface area contributed by atoms with Crippen molar-refractivity contribution in [3.63, 3.8) is 0 Å². The number of ether oxygens (including phenoxy) is 4. The Morgan fingerprint density at radius 1 is 1.21 bits per heavy atom. The highest BCUT2D eigenvalue weighted by Gasteiger charge is 2.38. The third-order valence-electron chi connectivity index (χ3n) is 7.20. The highest BCUT2D eigenvalue weighted by Crippen LogP contribution is 2.38. The summed E-state index contributed by atoms with van der Waals surface area (Å²) in [6.45, 7) is 7.65. The lowest BCUT2D eigenvalue weighted by Crippen LogP contribution is -2.42. The molecule has 0 saturated carbocycles. The maximum absolute atomic E-state index is 13.5. The number of hydrogen-bond donors (Lipinski definition) is 0. The summed E-state index contributed by atoms with van der Waals surface area (Å²) in [6, 6.07) is 11.0. The summed E-state index contributed by atoms with van der Waals surface area (Å²) in [6.07, 6.45) is 4.35. The van der Waals surface area contributed by atoms with Gasteiger partial charge in [-0.2, -0.15) is 0 Å². The molecule has 2 aliphatic rings.